The minimum atomic E-state index is -0.0674. The van der Waals surface area contributed by atoms with Gasteiger partial charge in [-0.05, 0) is 30.7 Å². The number of carbonyl (C=O) groups is 1. The summed E-state index contributed by atoms with van der Waals surface area (Å²) in [7, 11) is 0. The van der Waals surface area contributed by atoms with Crippen LogP contribution in [0.3, 0.4) is 0 Å². The zero-order chi connectivity index (χ0) is 15.5. The van der Waals surface area contributed by atoms with Crippen molar-refractivity contribution in [3.05, 3.63) is 48.0 Å². The molecule has 0 aliphatic carbocycles. The first-order valence-corrected chi connectivity index (χ1v) is 7.56. The van der Waals surface area contributed by atoms with E-state index < -0.39 is 0 Å². The number of pyridine rings is 1. The van der Waals surface area contributed by atoms with E-state index in [1.807, 2.05) is 25.3 Å². The molecule has 6 heteroatoms. The molecule has 1 saturated heterocycles. The Kier molecular flexibility index (Phi) is 4.20. The smallest absolute Gasteiger partial charge is 0.274 e. The van der Waals surface area contributed by atoms with Gasteiger partial charge in [0.2, 0.25) is 0 Å². The minimum absolute atomic E-state index is 0.0552. The number of nitrogens with zero attached hydrogens (tertiary/aromatic N) is 4. The van der Waals surface area contributed by atoms with Crippen LogP contribution in [0.25, 0.3) is 0 Å². The van der Waals surface area contributed by atoms with Gasteiger partial charge in [-0.15, -0.1) is 0 Å². The van der Waals surface area contributed by atoms with E-state index in [1.54, 1.807) is 28.0 Å². The van der Waals surface area contributed by atoms with Crippen molar-refractivity contribution in [2.24, 2.45) is 5.92 Å². The summed E-state index contributed by atoms with van der Waals surface area (Å²) in [5.41, 5.74) is 1.58. The van der Waals surface area contributed by atoms with Crippen molar-refractivity contribution in [2.45, 2.75) is 19.4 Å². The van der Waals surface area contributed by atoms with Gasteiger partial charge in [-0.1, -0.05) is 0 Å². The summed E-state index contributed by atoms with van der Waals surface area (Å²) in [6.07, 6.45) is 5.31. The number of aliphatic hydroxyl groups excluding tert-OH is 1. The normalized spacial score (nSPS) is 21.3. The molecule has 0 spiro atoms. The van der Waals surface area contributed by atoms with Crippen LogP contribution >= 0.6 is 0 Å². The fourth-order valence-electron chi connectivity index (χ4n) is 3.02. The average molecular weight is 300 g/mol. The number of aromatic nitrogens is 3. The predicted molar refractivity (Wildman–Crippen MR) is 81.4 cm³/mol. The van der Waals surface area contributed by atoms with Crippen LogP contribution in [0.2, 0.25) is 0 Å². The Morgan fingerprint density at radius 1 is 1.32 bits per heavy atom. The summed E-state index contributed by atoms with van der Waals surface area (Å²) in [6, 6.07) is 5.65. The van der Waals surface area contributed by atoms with Gasteiger partial charge in [0.1, 0.15) is 5.69 Å². The van der Waals surface area contributed by atoms with Gasteiger partial charge in [0, 0.05) is 56.7 Å². The lowest BCUT2D eigenvalue weighted by atomic mass is 9.90. The summed E-state index contributed by atoms with van der Waals surface area (Å²) in [4.78, 5) is 18.4. The molecule has 3 heterocycles. The van der Waals surface area contributed by atoms with Gasteiger partial charge in [0.05, 0.1) is 0 Å². The van der Waals surface area contributed by atoms with Gasteiger partial charge < -0.3 is 10.0 Å². The Balaban J connectivity index is 1.77. The van der Waals surface area contributed by atoms with E-state index in [4.69, 9.17) is 0 Å². The van der Waals surface area contributed by atoms with E-state index in [-0.39, 0.29) is 24.3 Å². The molecule has 1 amide bonds. The molecule has 0 unspecified atom stereocenters. The summed E-state index contributed by atoms with van der Waals surface area (Å²) in [6.45, 7) is 3.96. The molecule has 0 radical (unpaired) electrons. The van der Waals surface area contributed by atoms with Gasteiger partial charge in [0.15, 0.2) is 0 Å². The standard InChI is InChI=1S/C16H20N4O2/c1-2-20-8-5-15(18-20)16(22)19-9-13(11-21)14(10-19)12-3-6-17-7-4-12/h3-8,13-14,21H,2,9-11H2,1H3/t13-,14-/m0/s1. The number of hydrogen-bond donors (Lipinski definition) is 1. The molecule has 2 aromatic heterocycles. The lowest BCUT2D eigenvalue weighted by Crippen LogP contribution is -2.29. The highest BCUT2D eigenvalue weighted by molar-refractivity contribution is 5.92. The third-order valence-electron chi connectivity index (χ3n) is 4.28. The first-order valence-electron chi connectivity index (χ1n) is 7.56. The quantitative estimate of drug-likeness (QED) is 0.919. The number of hydrogen-bond acceptors (Lipinski definition) is 4. The second-order valence-electron chi connectivity index (χ2n) is 5.60. The fourth-order valence-corrected chi connectivity index (χ4v) is 3.02. The molecule has 1 aliphatic heterocycles. The molecule has 116 valence electrons. The van der Waals surface area contributed by atoms with E-state index in [0.717, 1.165) is 12.1 Å². The van der Waals surface area contributed by atoms with Crippen LogP contribution in [0.1, 0.15) is 28.9 Å². The number of rotatable bonds is 4. The Morgan fingerprint density at radius 3 is 2.73 bits per heavy atom. The number of aliphatic hydroxyl groups is 1. The van der Waals surface area contributed by atoms with E-state index in [1.165, 1.54) is 0 Å². The first kappa shape index (κ1) is 14.7. The van der Waals surface area contributed by atoms with Crippen molar-refractivity contribution in [3.8, 4) is 0 Å². The molecular formula is C16H20N4O2. The minimum Gasteiger partial charge on any atom is -0.396 e. The van der Waals surface area contributed by atoms with Crippen molar-refractivity contribution in [2.75, 3.05) is 19.7 Å². The van der Waals surface area contributed by atoms with Crippen molar-refractivity contribution in [1.29, 1.82) is 0 Å². The molecule has 6 nitrogen and oxygen atoms in total. The number of carbonyl (C=O) groups excluding carboxylic acids is 1. The van der Waals surface area contributed by atoms with Gasteiger partial charge in [-0.25, -0.2) is 0 Å². The largest absolute Gasteiger partial charge is 0.396 e. The molecule has 3 rings (SSSR count). The number of likely N-dealkylation sites (tertiary alicyclic amines) is 1. The molecule has 22 heavy (non-hydrogen) atoms. The lowest BCUT2D eigenvalue weighted by molar-refractivity contribution is 0.0774. The average Bonchev–Trinajstić information content (AvgIpc) is 3.21. The first-order chi connectivity index (χ1) is 10.7. The van der Waals surface area contributed by atoms with Crippen LogP contribution in [0.15, 0.2) is 36.8 Å². The molecule has 0 aromatic carbocycles. The van der Waals surface area contributed by atoms with Gasteiger partial charge in [-0.3, -0.25) is 14.5 Å². The van der Waals surface area contributed by atoms with Crippen molar-refractivity contribution in [3.63, 3.8) is 0 Å². The molecule has 2 aromatic rings. The van der Waals surface area contributed by atoms with E-state index in [2.05, 4.69) is 10.1 Å². The van der Waals surface area contributed by atoms with E-state index >= 15 is 0 Å². The third kappa shape index (κ3) is 2.74. The number of aryl methyl sites for hydroxylation is 1. The van der Waals surface area contributed by atoms with E-state index in [0.29, 0.717) is 18.8 Å². The topological polar surface area (TPSA) is 71.2 Å². The second-order valence-corrected chi connectivity index (χ2v) is 5.60. The van der Waals surface area contributed by atoms with Crippen LogP contribution in [0.5, 0.6) is 0 Å². The molecule has 1 fully saturated rings. The Hall–Kier alpha value is -2.21. The summed E-state index contributed by atoms with van der Waals surface area (Å²) in [5.74, 6) is 0.132. The van der Waals surface area contributed by atoms with Crippen molar-refractivity contribution in [1.82, 2.24) is 19.7 Å². The molecule has 0 bridgehead atoms. The lowest BCUT2D eigenvalue weighted by Gasteiger charge is -2.15. The third-order valence-corrected chi connectivity index (χ3v) is 4.28. The van der Waals surface area contributed by atoms with Crippen molar-refractivity contribution >= 4 is 5.91 Å². The zero-order valence-corrected chi connectivity index (χ0v) is 12.6. The molecule has 1 N–H and O–H groups in total. The van der Waals surface area contributed by atoms with Gasteiger partial charge >= 0.3 is 0 Å². The zero-order valence-electron chi connectivity index (χ0n) is 12.6. The van der Waals surface area contributed by atoms with Crippen LogP contribution in [0, 0.1) is 5.92 Å². The van der Waals surface area contributed by atoms with Crippen molar-refractivity contribution < 1.29 is 9.90 Å². The molecular weight excluding hydrogens is 280 g/mol. The maximum absolute atomic E-state index is 12.6. The number of amides is 1. The molecule has 2 atom stereocenters. The predicted octanol–water partition coefficient (Wildman–Crippen LogP) is 1.15. The van der Waals surface area contributed by atoms with E-state index in [9.17, 15) is 9.90 Å². The highest BCUT2D eigenvalue weighted by Crippen LogP contribution is 2.32. The second kappa shape index (κ2) is 6.27. The monoisotopic (exact) mass is 300 g/mol. The van der Waals surface area contributed by atoms with Crippen LogP contribution in [0.4, 0.5) is 0 Å². The molecule has 1 aliphatic rings. The van der Waals surface area contributed by atoms with Gasteiger partial charge in [0.25, 0.3) is 5.91 Å². The maximum Gasteiger partial charge on any atom is 0.274 e. The van der Waals surface area contributed by atoms with Crippen LogP contribution < -0.4 is 0 Å². The fraction of sp³-hybridized carbons (Fsp3) is 0.438. The summed E-state index contributed by atoms with van der Waals surface area (Å²) < 4.78 is 1.74. The maximum atomic E-state index is 12.6. The summed E-state index contributed by atoms with van der Waals surface area (Å²) >= 11 is 0. The Morgan fingerprint density at radius 2 is 2.09 bits per heavy atom. The van der Waals surface area contributed by atoms with Crippen LogP contribution in [-0.4, -0.2) is 50.4 Å². The Labute approximate surface area is 129 Å². The summed E-state index contributed by atoms with van der Waals surface area (Å²) in [5, 5.41) is 13.9. The highest BCUT2D eigenvalue weighted by Gasteiger charge is 2.36. The highest BCUT2D eigenvalue weighted by atomic mass is 16.3. The van der Waals surface area contributed by atoms with Crippen LogP contribution in [-0.2, 0) is 6.54 Å². The SMILES string of the molecule is CCn1ccc(C(=O)N2C[C@@H](CO)[C@H](c3ccncc3)C2)n1. The Bertz CT molecular complexity index is 641. The molecule has 0 saturated carbocycles. The van der Waals surface area contributed by atoms with Gasteiger partial charge in [-0.2, -0.15) is 5.10 Å².